The predicted molar refractivity (Wildman–Crippen MR) is 162 cm³/mol. The maximum atomic E-state index is 13.5. The first kappa shape index (κ1) is 26.3. The van der Waals surface area contributed by atoms with Gasteiger partial charge in [0.05, 0.1) is 35.2 Å². The van der Waals surface area contributed by atoms with E-state index in [1.165, 1.54) is 24.3 Å². The minimum Gasteiger partial charge on any atom is -0.353 e. The van der Waals surface area contributed by atoms with Gasteiger partial charge in [0.15, 0.2) is 0 Å². The van der Waals surface area contributed by atoms with Crippen LogP contribution in [-0.2, 0) is 19.6 Å². The first-order valence-electron chi connectivity index (χ1n) is 14.5. The van der Waals surface area contributed by atoms with Crippen molar-refractivity contribution < 1.29 is 8.78 Å². The van der Waals surface area contributed by atoms with Gasteiger partial charge in [-0.25, -0.2) is 18.7 Å². The lowest BCUT2D eigenvalue weighted by molar-refractivity contribution is 0.204. The van der Waals surface area contributed by atoms with E-state index in [1.807, 2.05) is 60.7 Å². The molecular weight excluding hydrogens is 530 g/mol. The van der Waals surface area contributed by atoms with E-state index in [2.05, 4.69) is 31.5 Å². The summed E-state index contributed by atoms with van der Waals surface area (Å²) in [5, 5.41) is 3.72. The summed E-state index contributed by atoms with van der Waals surface area (Å²) in [7, 11) is 0. The Morgan fingerprint density at radius 3 is 1.76 bits per heavy atom. The summed E-state index contributed by atoms with van der Waals surface area (Å²) in [5.74, 6) is 1.41. The van der Waals surface area contributed by atoms with Crippen LogP contribution in [0, 0.1) is 11.6 Å². The number of halogens is 2. The molecule has 8 heteroatoms. The summed E-state index contributed by atoms with van der Waals surface area (Å²) in [5.41, 5.74) is 6.15. The zero-order chi connectivity index (χ0) is 28.5. The second kappa shape index (κ2) is 11.4. The molecule has 4 aromatic carbocycles. The SMILES string of the molecule is Fc1ccc(Cn2c(CN3CCC(Nc4nc5ccccc5n4Cc4ccc(F)cc4)CC3)nc3ccccc32)cc1. The van der Waals surface area contributed by atoms with Crippen LogP contribution in [0.3, 0.4) is 0 Å². The van der Waals surface area contributed by atoms with Crippen LogP contribution in [0.2, 0.25) is 0 Å². The zero-order valence-electron chi connectivity index (χ0n) is 23.3. The van der Waals surface area contributed by atoms with E-state index >= 15 is 0 Å². The highest BCUT2D eigenvalue weighted by Gasteiger charge is 2.23. The molecule has 1 saturated heterocycles. The molecule has 0 bridgehead atoms. The van der Waals surface area contributed by atoms with Crippen LogP contribution in [0.25, 0.3) is 22.1 Å². The number of hydrogen-bond acceptors (Lipinski definition) is 4. The van der Waals surface area contributed by atoms with E-state index in [1.54, 1.807) is 0 Å². The topological polar surface area (TPSA) is 50.9 Å². The molecule has 1 aliphatic rings. The van der Waals surface area contributed by atoms with Crippen molar-refractivity contribution in [3.05, 3.63) is 126 Å². The molecule has 0 radical (unpaired) electrons. The first-order chi connectivity index (χ1) is 20.6. The predicted octanol–water partition coefficient (Wildman–Crippen LogP) is 6.84. The van der Waals surface area contributed by atoms with Crippen molar-refractivity contribution in [2.24, 2.45) is 0 Å². The second-order valence-corrected chi connectivity index (χ2v) is 11.1. The third-order valence-corrected chi connectivity index (χ3v) is 8.18. The number of benzene rings is 4. The Kier molecular flexibility index (Phi) is 7.13. The number of fused-ring (bicyclic) bond motifs is 2. The Morgan fingerprint density at radius 1 is 0.619 bits per heavy atom. The Balaban J connectivity index is 1.06. The fraction of sp³-hybridized carbons (Fsp3) is 0.235. The number of aromatic nitrogens is 4. The molecule has 0 spiro atoms. The van der Waals surface area contributed by atoms with Crippen LogP contribution in [0.15, 0.2) is 97.1 Å². The van der Waals surface area contributed by atoms with Gasteiger partial charge < -0.3 is 14.5 Å². The molecule has 212 valence electrons. The normalized spacial score (nSPS) is 14.6. The molecule has 0 atom stereocenters. The summed E-state index contributed by atoms with van der Waals surface area (Å²) >= 11 is 0. The lowest BCUT2D eigenvalue weighted by Gasteiger charge is -2.32. The van der Waals surface area contributed by atoms with Crippen molar-refractivity contribution in [3.8, 4) is 0 Å². The molecule has 0 saturated carbocycles. The molecule has 1 N–H and O–H groups in total. The fourth-order valence-corrected chi connectivity index (χ4v) is 5.93. The van der Waals surface area contributed by atoms with Gasteiger partial charge in [0.1, 0.15) is 17.5 Å². The van der Waals surface area contributed by atoms with Gasteiger partial charge in [0, 0.05) is 25.7 Å². The molecule has 2 aromatic heterocycles. The Labute approximate surface area is 243 Å². The standard InChI is InChI=1S/C34H32F2N6/c35-26-13-9-24(10-14-26)21-41-31-7-3-1-5-29(31)38-33(41)23-40-19-17-28(18-20-40)37-34-39-30-6-2-4-8-32(30)42(34)22-25-11-15-27(36)16-12-25/h1-16,28H,17-23H2,(H,37,39). The Hall–Kier alpha value is -4.56. The molecule has 1 aliphatic heterocycles. The number of anilines is 1. The zero-order valence-corrected chi connectivity index (χ0v) is 23.3. The fourth-order valence-electron chi connectivity index (χ4n) is 5.93. The monoisotopic (exact) mass is 562 g/mol. The van der Waals surface area contributed by atoms with Gasteiger partial charge in [-0.15, -0.1) is 0 Å². The average Bonchev–Trinajstić information content (AvgIpc) is 3.53. The highest BCUT2D eigenvalue weighted by molar-refractivity contribution is 5.79. The van der Waals surface area contributed by atoms with Crippen LogP contribution < -0.4 is 5.32 Å². The highest BCUT2D eigenvalue weighted by atomic mass is 19.1. The molecule has 1 fully saturated rings. The van der Waals surface area contributed by atoms with Gasteiger partial charge in [-0.05, 0) is 72.5 Å². The van der Waals surface area contributed by atoms with E-state index in [0.717, 1.165) is 77.4 Å². The number of piperidine rings is 1. The van der Waals surface area contributed by atoms with E-state index in [9.17, 15) is 8.78 Å². The number of imidazole rings is 2. The van der Waals surface area contributed by atoms with Crippen molar-refractivity contribution in [2.45, 2.75) is 38.5 Å². The Bertz CT molecular complexity index is 1680. The van der Waals surface area contributed by atoms with Crippen molar-refractivity contribution in [2.75, 3.05) is 18.4 Å². The molecule has 42 heavy (non-hydrogen) atoms. The molecule has 0 unspecified atom stereocenters. The molecule has 0 amide bonds. The molecular formula is C34H32F2N6. The van der Waals surface area contributed by atoms with Gasteiger partial charge >= 0.3 is 0 Å². The van der Waals surface area contributed by atoms with Crippen molar-refractivity contribution in [1.82, 2.24) is 24.0 Å². The number of para-hydroxylation sites is 4. The van der Waals surface area contributed by atoms with E-state index in [-0.39, 0.29) is 11.6 Å². The maximum absolute atomic E-state index is 13.5. The smallest absolute Gasteiger partial charge is 0.204 e. The Morgan fingerprint density at radius 2 is 1.14 bits per heavy atom. The number of likely N-dealkylation sites (tertiary alicyclic amines) is 1. The lowest BCUT2D eigenvalue weighted by atomic mass is 10.1. The van der Waals surface area contributed by atoms with Gasteiger partial charge in [0.25, 0.3) is 0 Å². The number of rotatable bonds is 8. The first-order valence-corrected chi connectivity index (χ1v) is 14.5. The number of hydrogen-bond donors (Lipinski definition) is 1. The van der Waals surface area contributed by atoms with Crippen molar-refractivity contribution in [3.63, 3.8) is 0 Å². The van der Waals surface area contributed by atoms with Crippen molar-refractivity contribution in [1.29, 1.82) is 0 Å². The van der Waals surface area contributed by atoms with Crippen LogP contribution in [0.4, 0.5) is 14.7 Å². The van der Waals surface area contributed by atoms with E-state index in [4.69, 9.17) is 9.97 Å². The lowest BCUT2D eigenvalue weighted by Crippen LogP contribution is -2.39. The summed E-state index contributed by atoms with van der Waals surface area (Å²) in [6.45, 7) is 3.90. The molecule has 0 aliphatic carbocycles. The highest BCUT2D eigenvalue weighted by Crippen LogP contribution is 2.25. The average molecular weight is 563 g/mol. The van der Waals surface area contributed by atoms with Crippen LogP contribution in [0.5, 0.6) is 0 Å². The molecule has 6 aromatic rings. The second-order valence-electron chi connectivity index (χ2n) is 11.1. The van der Waals surface area contributed by atoms with Crippen LogP contribution in [-0.4, -0.2) is 43.1 Å². The maximum Gasteiger partial charge on any atom is 0.204 e. The quantitative estimate of drug-likeness (QED) is 0.221. The summed E-state index contributed by atoms with van der Waals surface area (Å²) in [6.07, 6.45) is 1.97. The van der Waals surface area contributed by atoms with Gasteiger partial charge in [0.2, 0.25) is 5.95 Å². The minimum absolute atomic E-state index is 0.225. The largest absolute Gasteiger partial charge is 0.353 e. The summed E-state index contributed by atoms with van der Waals surface area (Å²) in [4.78, 5) is 12.4. The van der Waals surface area contributed by atoms with Gasteiger partial charge in [-0.2, -0.15) is 0 Å². The number of nitrogens with one attached hydrogen (secondary N) is 1. The molecule has 3 heterocycles. The van der Waals surface area contributed by atoms with Crippen LogP contribution >= 0.6 is 0 Å². The number of nitrogens with zero attached hydrogens (tertiary/aromatic N) is 5. The summed E-state index contributed by atoms with van der Waals surface area (Å²) < 4.78 is 31.5. The van der Waals surface area contributed by atoms with Gasteiger partial charge in [-0.3, -0.25) is 4.90 Å². The molecule has 7 rings (SSSR count). The van der Waals surface area contributed by atoms with E-state index in [0.29, 0.717) is 19.1 Å². The third-order valence-electron chi connectivity index (χ3n) is 8.18. The van der Waals surface area contributed by atoms with Crippen LogP contribution in [0.1, 0.15) is 29.8 Å². The minimum atomic E-state index is -0.231. The van der Waals surface area contributed by atoms with E-state index < -0.39 is 0 Å². The van der Waals surface area contributed by atoms with Gasteiger partial charge in [-0.1, -0.05) is 48.5 Å². The molecule has 6 nitrogen and oxygen atoms in total. The third kappa shape index (κ3) is 5.50. The van der Waals surface area contributed by atoms with Crippen molar-refractivity contribution >= 4 is 28.0 Å². The summed E-state index contributed by atoms with van der Waals surface area (Å²) in [6, 6.07) is 30.0.